The smallest absolute Gasteiger partial charge is 0.412 e. The highest BCUT2D eigenvalue weighted by molar-refractivity contribution is 5.71. The molecule has 4 heteroatoms. The highest BCUT2D eigenvalue weighted by atomic mass is 16.6. The van der Waals surface area contributed by atoms with E-state index in [1.54, 1.807) is 0 Å². The predicted octanol–water partition coefficient (Wildman–Crippen LogP) is 2.93. The van der Waals surface area contributed by atoms with Gasteiger partial charge in [0.2, 0.25) is 0 Å². The fraction of sp³-hybridized carbons (Fsp3) is 0.812. The van der Waals surface area contributed by atoms with Crippen molar-refractivity contribution < 1.29 is 14.3 Å². The standard InChI is InChI=1S/C16H23NO3/c1-14(2,3)20-13(18)17-9-10-5-6-11-12-7-8-16(17,19-12)15(10,11)4/h7-8,10-12H,5-6,9H2,1-4H3/t10-,11+,12+,15+,16-/m0/s1. The summed E-state index contributed by atoms with van der Waals surface area (Å²) in [6.45, 7) is 8.80. The quantitative estimate of drug-likeness (QED) is 0.639. The molecule has 2 saturated heterocycles. The zero-order chi connectivity index (χ0) is 14.3. The molecular formula is C16H23NO3. The minimum absolute atomic E-state index is 0.0727. The van der Waals surface area contributed by atoms with Crippen LogP contribution >= 0.6 is 0 Å². The van der Waals surface area contributed by atoms with Gasteiger partial charge >= 0.3 is 6.09 Å². The van der Waals surface area contributed by atoms with Crippen molar-refractivity contribution >= 4 is 6.09 Å². The van der Waals surface area contributed by atoms with Crippen LogP contribution < -0.4 is 0 Å². The van der Waals surface area contributed by atoms with E-state index in [0.29, 0.717) is 11.8 Å². The Morgan fingerprint density at radius 3 is 2.85 bits per heavy atom. The van der Waals surface area contributed by atoms with E-state index in [9.17, 15) is 4.79 Å². The minimum Gasteiger partial charge on any atom is -0.444 e. The van der Waals surface area contributed by atoms with Crippen molar-refractivity contribution in [3.8, 4) is 0 Å². The highest BCUT2D eigenvalue weighted by Gasteiger charge is 2.76. The Bertz CT molecular complexity index is 508. The average Bonchev–Trinajstić information content (AvgIpc) is 2.98. The van der Waals surface area contributed by atoms with Crippen LogP contribution in [0.25, 0.3) is 0 Å². The summed E-state index contributed by atoms with van der Waals surface area (Å²) in [5, 5.41) is 0. The Morgan fingerprint density at radius 1 is 1.40 bits per heavy atom. The third kappa shape index (κ3) is 1.24. The van der Waals surface area contributed by atoms with E-state index in [1.165, 1.54) is 12.8 Å². The summed E-state index contributed by atoms with van der Waals surface area (Å²) < 4.78 is 11.9. The molecule has 110 valence electrons. The molecule has 0 aromatic heterocycles. The van der Waals surface area contributed by atoms with E-state index in [0.717, 1.165) is 6.54 Å². The molecule has 3 aliphatic heterocycles. The van der Waals surface area contributed by atoms with Gasteiger partial charge < -0.3 is 9.47 Å². The molecule has 0 aromatic rings. The molecular weight excluding hydrogens is 254 g/mol. The van der Waals surface area contributed by atoms with Crippen molar-refractivity contribution in [2.75, 3.05) is 6.54 Å². The van der Waals surface area contributed by atoms with E-state index in [1.807, 2.05) is 25.7 Å². The second kappa shape index (κ2) is 3.41. The van der Waals surface area contributed by atoms with E-state index < -0.39 is 11.3 Å². The number of hydrogen-bond acceptors (Lipinski definition) is 3. The van der Waals surface area contributed by atoms with Crippen LogP contribution in [0.5, 0.6) is 0 Å². The minimum atomic E-state index is -0.550. The number of hydrogen-bond donors (Lipinski definition) is 0. The third-order valence-electron chi connectivity index (χ3n) is 5.86. The molecule has 1 aliphatic carbocycles. The van der Waals surface area contributed by atoms with Crippen LogP contribution in [0.1, 0.15) is 40.5 Å². The SMILES string of the molecule is CC(C)(C)OC(=O)N1C[C@@H]2CC[C@@H]3[C@H]4C=C[C@]1(O4)[C@]23C. The maximum Gasteiger partial charge on any atom is 0.412 e. The zero-order valence-corrected chi connectivity index (χ0v) is 12.7. The largest absolute Gasteiger partial charge is 0.444 e. The first kappa shape index (κ1) is 12.7. The molecule has 0 radical (unpaired) electrons. The van der Waals surface area contributed by atoms with Crippen LogP contribution in [0.4, 0.5) is 4.79 Å². The van der Waals surface area contributed by atoms with E-state index in [4.69, 9.17) is 9.47 Å². The first-order valence-corrected chi connectivity index (χ1v) is 7.66. The number of carbonyl (C=O) groups excluding carboxylic acids is 1. The summed E-state index contributed by atoms with van der Waals surface area (Å²) in [5.74, 6) is 1.10. The molecule has 4 aliphatic rings. The molecule has 5 atom stereocenters. The van der Waals surface area contributed by atoms with Gasteiger partial charge in [-0.15, -0.1) is 0 Å². The van der Waals surface area contributed by atoms with Crippen LogP contribution in [0.15, 0.2) is 12.2 Å². The van der Waals surface area contributed by atoms with Gasteiger partial charge in [0.05, 0.1) is 6.10 Å². The lowest BCUT2D eigenvalue weighted by molar-refractivity contribution is -0.101. The Balaban J connectivity index is 1.71. The van der Waals surface area contributed by atoms with Crippen LogP contribution in [-0.4, -0.2) is 35.0 Å². The summed E-state index contributed by atoms with van der Waals surface area (Å²) in [6, 6.07) is 0. The Morgan fingerprint density at radius 2 is 2.15 bits per heavy atom. The molecule has 3 fully saturated rings. The van der Waals surface area contributed by atoms with Crippen molar-refractivity contribution in [1.29, 1.82) is 0 Å². The molecule has 0 aromatic carbocycles. The van der Waals surface area contributed by atoms with Gasteiger partial charge in [0.1, 0.15) is 5.60 Å². The number of amides is 1. The lowest BCUT2D eigenvalue weighted by Gasteiger charge is -2.40. The van der Waals surface area contributed by atoms with Crippen molar-refractivity contribution in [3.05, 3.63) is 12.2 Å². The van der Waals surface area contributed by atoms with Gasteiger partial charge in [-0.05, 0) is 51.5 Å². The summed E-state index contributed by atoms with van der Waals surface area (Å²) in [6.07, 6.45) is 6.64. The zero-order valence-electron chi connectivity index (χ0n) is 12.7. The van der Waals surface area contributed by atoms with E-state index in [2.05, 4.69) is 19.1 Å². The number of carbonyl (C=O) groups is 1. The van der Waals surface area contributed by atoms with Gasteiger partial charge in [-0.25, -0.2) is 4.79 Å². The second-order valence-electron chi connectivity index (χ2n) is 7.89. The average molecular weight is 277 g/mol. The van der Waals surface area contributed by atoms with Crippen LogP contribution in [-0.2, 0) is 9.47 Å². The third-order valence-corrected chi connectivity index (χ3v) is 5.86. The van der Waals surface area contributed by atoms with Gasteiger partial charge in [-0.2, -0.15) is 0 Å². The molecule has 1 amide bonds. The highest BCUT2D eigenvalue weighted by Crippen LogP contribution is 2.69. The van der Waals surface area contributed by atoms with Crippen molar-refractivity contribution in [3.63, 3.8) is 0 Å². The molecule has 0 unspecified atom stereocenters. The lowest BCUT2D eigenvalue weighted by atomic mass is 9.67. The molecule has 20 heavy (non-hydrogen) atoms. The second-order valence-corrected chi connectivity index (χ2v) is 7.89. The molecule has 1 saturated carbocycles. The number of likely N-dealkylation sites (tertiary alicyclic amines) is 1. The fourth-order valence-electron chi connectivity index (χ4n) is 4.99. The van der Waals surface area contributed by atoms with Crippen LogP contribution in [0.2, 0.25) is 0 Å². The molecule has 3 heterocycles. The summed E-state index contributed by atoms with van der Waals surface area (Å²) in [7, 11) is 0. The van der Waals surface area contributed by atoms with E-state index >= 15 is 0 Å². The Kier molecular flexibility index (Phi) is 2.16. The maximum atomic E-state index is 12.6. The van der Waals surface area contributed by atoms with Gasteiger partial charge in [0.15, 0.2) is 5.72 Å². The number of nitrogens with zero attached hydrogens (tertiary/aromatic N) is 1. The van der Waals surface area contributed by atoms with Crippen molar-refractivity contribution in [1.82, 2.24) is 4.90 Å². The molecule has 2 bridgehead atoms. The normalized spacial score (nSPS) is 48.0. The first-order chi connectivity index (χ1) is 9.28. The Hall–Kier alpha value is -1.03. The number of ether oxygens (including phenoxy) is 2. The van der Waals surface area contributed by atoms with Crippen LogP contribution in [0, 0.1) is 17.3 Å². The Labute approximate surface area is 120 Å². The van der Waals surface area contributed by atoms with Gasteiger partial charge in [-0.1, -0.05) is 13.0 Å². The molecule has 1 spiro atoms. The monoisotopic (exact) mass is 277 g/mol. The summed E-state index contributed by atoms with van der Waals surface area (Å²) in [5.41, 5.74) is -0.943. The topological polar surface area (TPSA) is 38.8 Å². The van der Waals surface area contributed by atoms with Crippen LogP contribution in [0.3, 0.4) is 0 Å². The molecule has 4 nitrogen and oxygen atoms in total. The summed E-state index contributed by atoms with van der Waals surface area (Å²) >= 11 is 0. The summed E-state index contributed by atoms with van der Waals surface area (Å²) in [4.78, 5) is 14.4. The molecule has 4 rings (SSSR count). The van der Waals surface area contributed by atoms with Crippen molar-refractivity contribution in [2.24, 2.45) is 17.3 Å². The number of rotatable bonds is 0. The first-order valence-electron chi connectivity index (χ1n) is 7.66. The predicted molar refractivity (Wildman–Crippen MR) is 74.0 cm³/mol. The lowest BCUT2D eigenvalue weighted by Crippen LogP contribution is -2.53. The van der Waals surface area contributed by atoms with Gasteiger partial charge in [0.25, 0.3) is 0 Å². The molecule has 0 N–H and O–H groups in total. The van der Waals surface area contributed by atoms with E-state index in [-0.39, 0.29) is 17.6 Å². The maximum absolute atomic E-state index is 12.6. The van der Waals surface area contributed by atoms with Gasteiger partial charge in [0, 0.05) is 12.0 Å². The number of fused-ring (bicyclic) bond motifs is 2. The van der Waals surface area contributed by atoms with Gasteiger partial charge in [-0.3, -0.25) is 4.90 Å². The fourth-order valence-corrected chi connectivity index (χ4v) is 4.99. The van der Waals surface area contributed by atoms with Crippen molar-refractivity contribution in [2.45, 2.75) is 58.0 Å².